The molecule has 1 N–H and O–H groups in total. The Labute approximate surface area is 168 Å². The maximum absolute atomic E-state index is 12.5. The number of hydrogen-bond acceptors (Lipinski definition) is 8. The number of carbonyl (C=O) groups is 1. The molecule has 3 aromatic rings. The van der Waals surface area contributed by atoms with E-state index >= 15 is 0 Å². The zero-order chi connectivity index (χ0) is 20.2. The van der Waals surface area contributed by atoms with E-state index in [9.17, 15) is 4.79 Å². The minimum absolute atomic E-state index is 0.103. The van der Waals surface area contributed by atoms with Crippen LogP contribution >= 0.6 is 0 Å². The molecule has 4 rings (SSSR count). The topological polar surface area (TPSA) is 120 Å². The summed E-state index contributed by atoms with van der Waals surface area (Å²) in [6, 6.07) is 0. The lowest BCUT2D eigenvalue weighted by molar-refractivity contribution is 0.0940. The van der Waals surface area contributed by atoms with Crippen LogP contribution in [0.15, 0.2) is 27.5 Å². The van der Waals surface area contributed by atoms with E-state index in [0.717, 1.165) is 25.7 Å². The molecular weight excluding hydrogens is 372 g/mol. The normalized spacial score (nSPS) is 19.2. The zero-order valence-electron chi connectivity index (χ0n) is 16.6. The van der Waals surface area contributed by atoms with Crippen LogP contribution in [0.2, 0.25) is 0 Å². The quantitative estimate of drug-likeness (QED) is 0.675. The van der Waals surface area contributed by atoms with E-state index in [1.54, 1.807) is 25.5 Å². The van der Waals surface area contributed by atoms with Crippen molar-refractivity contribution < 1.29 is 13.7 Å². The Kier molecular flexibility index (Phi) is 5.64. The summed E-state index contributed by atoms with van der Waals surface area (Å²) in [5.74, 6) is 2.26. The Morgan fingerprint density at radius 1 is 1.21 bits per heavy atom. The van der Waals surface area contributed by atoms with Crippen molar-refractivity contribution >= 4 is 5.91 Å². The number of aryl methyl sites for hydroxylation is 2. The fourth-order valence-corrected chi connectivity index (χ4v) is 3.80. The first-order valence-corrected chi connectivity index (χ1v) is 9.98. The number of aromatic nitrogens is 5. The standard InChI is InChI=1S/C20H24N6O3/c1-3-16-17(12(2)26-29-16)18(27)23-10-13-4-6-14(7-5-13)19-24-25-20(28-19)15-11-21-8-9-22-15/h8-9,11,13-14H,3-7,10H2,1-2H3,(H,23,27). The van der Waals surface area contributed by atoms with Crippen molar-refractivity contribution in [2.45, 2.75) is 51.9 Å². The highest BCUT2D eigenvalue weighted by Crippen LogP contribution is 2.35. The van der Waals surface area contributed by atoms with Gasteiger partial charge in [-0.2, -0.15) is 0 Å². The second-order valence-corrected chi connectivity index (χ2v) is 7.38. The van der Waals surface area contributed by atoms with Crippen molar-refractivity contribution in [1.29, 1.82) is 0 Å². The van der Waals surface area contributed by atoms with Gasteiger partial charge in [0.1, 0.15) is 17.0 Å². The first-order chi connectivity index (χ1) is 14.2. The molecule has 1 amide bonds. The summed E-state index contributed by atoms with van der Waals surface area (Å²) in [6.07, 6.45) is 9.36. The van der Waals surface area contributed by atoms with Gasteiger partial charge in [-0.15, -0.1) is 10.2 Å². The van der Waals surface area contributed by atoms with Gasteiger partial charge in [0.05, 0.1) is 11.9 Å². The fourth-order valence-electron chi connectivity index (χ4n) is 3.80. The average Bonchev–Trinajstić information content (AvgIpc) is 3.40. The monoisotopic (exact) mass is 396 g/mol. The molecule has 1 fully saturated rings. The van der Waals surface area contributed by atoms with Gasteiger partial charge in [0.2, 0.25) is 5.89 Å². The summed E-state index contributed by atoms with van der Waals surface area (Å²) in [6.45, 7) is 4.39. The van der Waals surface area contributed by atoms with E-state index < -0.39 is 0 Å². The van der Waals surface area contributed by atoms with Crippen molar-refractivity contribution in [3.05, 3.63) is 41.5 Å². The minimum atomic E-state index is -0.103. The van der Waals surface area contributed by atoms with Crippen LogP contribution in [0.4, 0.5) is 0 Å². The summed E-state index contributed by atoms with van der Waals surface area (Å²) >= 11 is 0. The molecule has 0 radical (unpaired) electrons. The number of nitrogens with one attached hydrogen (secondary N) is 1. The van der Waals surface area contributed by atoms with E-state index in [1.165, 1.54) is 0 Å². The molecule has 0 aromatic carbocycles. The summed E-state index contributed by atoms with van der Waals surface area (Å²) < 4.78 is 11.0. The van der Waals surface area contributed by atoms with E-state index in [1.807, 2.05) is 6.92 Å². The predicted molar refractivity (Wildman–Crippen MR) is 103 cm³/mol. The molecule has 3 aromatic heterocycles. The lowest BCUT2D eigenvalue weighted by Crippen LogP contribution is -2.31. The largest absolute Gasteiger partial charge is 0.419 e. The maximum Gasteiger partial charge on any atom is 0.267 e. The molecule has 0 bridgehead atoms. The van der Waals surface area contributed by atoms with Gasteiger partial charge in [-0.25, -0.2) is 4.98 Å². The number of nitrogens with zero attached hydrogens (tertiary/aromatic N) is 5. The third kappa shape index (κ3) is 4.18. The van der Waals surface area contributed by atoms with Crippen LogP contribution in [0.3, 0.4) is 0 Å². The molecule has 0 atom stereocenters. The second-order valence-electron chi connectivity index (χ2n) is 7.38. The molecule has 0 spiro atoms. The maximum atomic E-state index is 12.5. The van der Waals surface area contributed by atoms with Gasteiger partial charge < -0.3 is 14.3 Å². The lowest BCUT2D eigenvalue weighted by atomic mass is 9.82. The summed E-state index contributed by atoms with van der Waals surface area (Å²) in [5, 5.41) is 15.3. The van der Waals surface area contributed by atoms with Crippen LogP contribution in [0.5, 0.6) is 0 Å². The molecule has 1 aliphatic carbocycles. The van der Waals surface area contributed by atoms with E-state index in [-0.39, 0.29) is 11.8 Å². The van der Waals surface area contributed by atoms with E-state index in [4.69, 9.17) is 8.94 Å². The van der Waals surface area contributed by atoms with Crippen LogP contribution in [0, 0.1) is 12.8 Å². The van der Waals surface area contributed by atoms with Gasteiger partial charge in [0.25, 0.3) is 11.8 Å². The van der Waals surface area contributed by atoms with Crippen LogP contribution in [-0.4, -0.2) is 37.8 Å². The molecule has 0 aliphatic heterocycles. The van der Waals surface area contributed by atoms with E-state index in [0.29, 0.717) is 53.4 Å². The fraction of sp³-hybridized carbons (Fsp3) is 0.500. The van der Waals surface area contributed by atoms with Gasteiger partial charge >= 0.3 is 0 Å². The van der Waals surface area contributed by atoms with Crippen LogP contribution in [0.25, 0.3) is 11.6 Å². The lowest BCUT2D eigenvalue weighted by Gasteiger charge is -2.26. The predicted octanol–water partition coefficient (Wildman–Crippen LogP) is 3.09. The van der Waals surface area contributed by atoms with Crippen molar-refractivity contribution in [3.8, 4) is 11.6 Å². The molecule has 9 heteroatoms. The Morgan fingerprint density at radius 2 is 2.03 bits per heavy atom. The molecule has 9 nitrogen and oxygen atoms in total. The molecule has 1 aliphatic rings. The highest BCUT2D eigenvalue weighted by atomic mass is 16.5. The first-order valence-electron chi connectivity index (χ1n) is 9.98. The van der Waals surface area contributed by atoms with Crippen molar-refractivity contribution in [3.63, 3.8) is 0 Å². The van der Waals surface area contributed by atoms with Crippen molar-refractivity contribution in [1.82, 2.24) is 30.6 Å². The van der Waals surface area contributed by atoms with Gasteiger partial charge in [-0.05, 0) is 38.5 Å². The first kappa shape index (κ1) is 19.2. The highest BCUT2D eigenvalue weighted by molar-refractivity contribution is 5.96. The molecule has 29 heavy (non-hydrogen) atoms. The summed E-state index contributed by atoms with van der Waals surface area (Å²) in [7, 11) is 0. The SMILES string of the molecule is CCc1onc(C)c1C(=O)NCC1CCC(c2nnc(-c3cnccn3)o2)CC1. The molecule has 3 heterocycles. The van der Waals surface area contributed by atoms with Crippen LogP contribution < -0.4 is 5.32 Å². The Balaban J connectivity index is 1.29. The smallest absolute Gasteiger partial charge is 0.267 e. The van der Waals surface area contributed by atoms with E-state index in [2.05, 4.69) is 30.6 Å². The summed E-state index contributed by atoms with van der Waals surface area (Å²) in [5.41, 5.74) is 1.79. The average molecular weight is 396 g/mol. The van der Waals surface area contributed by atoms with Gasteiger partial charge in [0, 0.05) is 31.3 Å². The van der Waals surface area contributed by atoms with Gasteiger partial charge in [0.15, 0.2) is 0 Å². The van der Waals surface area contributed by atoms with Gasteiger partial charge in [-0.1, -0.05) is 12.1 Å². The minimum Gasteiger partial charge on any atom is -0.419 e. The molecule has 152 valence electrons. The molecular formula is C20H24N6O3. The Hall–Kier alpha value is -3.10. The Bertz CT molecular complexity index is 960. The van der Waals surface area contributed by atoms with Crippen LogP contribution in [-0.2, 0) is 6.42 Å². The zero-order valence-corrected chi connectivity index (χ0v) is 16.6. The van der Waals surface area contributed by atoms with Crippen molar-refractivity contribution in [2.75, 3.05) is 6.54 Å². The molecule has 0 unspecified atom stereocenters. The Morgan fingerprint density at radius 3 is 2.76 bits per heavy atom. The third-order valence-corrected chi connectivity index (χ3v) is 5.45. The number of hydrogen-bond donors (Lipinski definition) is 1. The summed E-state index contributed by atoms with van der Waals surface area (Å²) in [4.78, 5) is 20.7. The molecule has 0 saturated heterocycles. The van der Waals surface area contributed by atoms with Gasteiger partial charge in [-0.3, -0.25) is 9.78 Å². The number of carbonyl (C=O) groups excluding carboxylic acids is 1. The molecule has 1 saturated carbocycles. The van der Waals surface area contributed by atoms with Crippen molar-refractivity contribution in [2.24, 2.45) is 5.92 Å². The number of rotatable bonds is 6. The second kappa shape index (κ2) is 8.50. The highest BCUT2D eigenvalue weighted by Gasteiger charge is 2.27. The third-order valence-electron chi connectivity index (χ3n) is 5.45. The van der Waals surface area contributed by atoms with Crippen LogP contribution in [0.1, 0.15) is 66.2 Å². The number of amides is 1.